The Morgan fingerprint density at radius 1 is 1.29 bits per heavy atom. The van der Waals surface area contributed by atoms with Crippen molar-refractivity contribution in [3.8, 4) is 11.5 Å². The molecule has 3 nitrogen and oxygen atoms in total. The summed E-state index contributed by atoms with van der Waals surface area (Å²) in [6, 6.07) is 3.32. The third kappa shape index (κ3) is 3.20. The minimum Gasteiger partial charge on any atom is -0.507 e. The van der Waals surface area contributed by atoms with Gasteiger partial charge in [0.25, 0.3) is 0 Å². The maximum atomic E-state index is 12.9. The van der Waals surface area contributed by atoms with Gasteiger partial charge in [0, 0.05) is 6.42 Å². The monoisotopic (exact) mass is 326 g/mol. The van der Waals surface area contributed by atoms with Crippen molar-refractivity contribution in [2.24, 2.45) is 29.6 Å². The van der Waals surface area contributed by atoms with Crippen LogP contribution in [0.2, 0.25) is 0 Å². The van der Waals surface area contributed by atoms with Gasteiger partial charge in [0.05, 0.1) is 15.0 Å². The summed E-state index contributed by atoms with van der Waals surface area (Å²) in [6.45, 7) is 4.62. The fourth-order valence-corrected chi connectivity index (χ4v) is 4.57. The number of carbonyl (C=O) groups is 1. The highest BCUT2D eigenvalue weighted by Gasteiger charge is 2.45. The number of methoxy groups -OCH3 is 1. The number of phenols is 1. The third-order valence-electron chi connectivity index (χ3n) is 6.37. The fourth-order valence-electron chi connectivity index (χ4n) is 4.57. The van der Waals surface area contributed by atoms with Crippen LogP contribution in [0.3, 0.4) is 0 Å². The van der Waals surface area contributed by atoms with Crippen LogP contribution in [0.25, 0.3) is 0 Å². The Bertz CT molecular complexity index is 624. The van der Waals surface area contributed by atoms with E-state index in [1.807, 2.05) is 0 Å². The molecule has 24 heavy (non-hydrogen) atoms. The molecule has 0 bridgehead atoms. The van der Waals surface area contributed by atoms with Crippen LogP contribution in [-0.4, -0.2) is 25.8 Å². The van der Waals surface area contributed by atoms with Crippen LogP contribution in [0.15, 0.2) is 12.1 Å². The van der Waals surface area contributed by atoms with Crippen molar-refractivity contribution in [1.82, 2.24) is 0 Å². The number of Topliss-reactive ketones (excluding diaryl/α,β-unsaturated/α-hetero) is 1. The molecule has 4 unspecified atom stereocenters. The second kappa shape index (κ2) is 6.82. The van der Waals surface area contributed by atoms with Gasteiger partial charge in [-0.3, -0.25) is 4.79 Å². The summed E-state index contributed by atoms with van der Waals surface area (Å²) in [7, 11) is 7.15. The Morgan fingerprint density at radius 2 is 2.00 bits per heavy atom. The number of phenolic OH excluding ortho intramolecular Hbond substituents is 1. The molecule has 2 aliphatic carbocycles. The molecule has 0 saturated heterocycles. The second-order valence-corrected chi connectivity index (χ2v) is 7.74. The summed E-state index contributed by atoms with van der Waals surface area (Å²) in [5.74, 6) is 3.68. The predicted molar refractivity (Wildman–Crippen MR) is 95.7 cm³/mol. The molecule has 2 aliphatic rings. The van der Waals surface area contributed by atoms with Gasteiger partial charge in [-0.2, -0.15) is 0 Å². The number of rotatable bonds is 6. The second-order valence-electron chi connectivity index (χ2n) is 7.74. The van der Waals surface area contributed by atoms with E-state index in [1.165, 1.54) is 20.0 Å². The Kier molecular flexibility index (Phi) is 4.94. The molecule has 4 heteroatoms. The highest BCUT2D eigenvalue weighted by molar-refractivity contribution is 6.08. The Balaban J connectivity index is 1.77. The summed E-state index contributed by atoms with van der Waals surface area (Å²) in [4.78, 5) is 12.9. The molecule has 4 atom stereocenters. The van der Waals surface area contributed by atoms with Crippen molar-refractivity contribution >= 4 is 13.6 Å². The zero-order valence-electron chi connectivity index (χ0n) is 14.9. The quantitative estimate of drug-likeness (QED) is 0.636. The van der Waals surface area contributed by atoms with E-state index in [1.54, 1.807) is 12.1 Å². The smallest absolute Gasteiger partial charge is 0.170 e. The van der Waals surface area contributed by atoms with Crippen molar-refractivity contribution in [2.75, 3.05) is 7.11 Å². The van der Waals surface area contributed by atoms with Crippen LogP contribution < -0.4 is 4.74 Å². The zero-order chi connectivity index (χ0) is 17.4. The van der Waals surface area contributed by atoms with Crippen molar-refractivity contribution in [3.05, 3.63) is 23.3 Å². The summed E-state index contributed by atoms with van der Waals surface area (Å²) in [6.07, 6.45) is 4.65. The molecule has 1 N–H and O–H groups in total. The highest BCUT2D eigenvalue weighted by Crippen LogP contribution is 2.53. The van der Waals surface area contributed by atoms with Crippen molar-refractivity contribution in [1.29, 1.82) is 0 Å². The van der Waals surface area contributed by atoms with Gasteiger partial charge in [0.15, 0.2) is 5.78 Å². The normalized spacial score (nSPS) is 29.6. The number of aromatic hydroxyl groups is 1. The van der Waals surface area contributed by atoms with E-state index in [0.717, 1.165) is 23.8 Å². The molecule has 0 aromatic heterocycles. The molecule has 0 aliphatic heterocycles. The van der Waals surface area contributed by atoms with E-state index in [2.05, 4.69) is 13.8 Å². The van der Waals surface area contributed by atoms with E-state index in [0.29, 0.717) is 41.8 Å². The fraction of sp³-hybridized carbons (Fsp3) is 0.650. The third-order valence-corrected chi connectivity index (χ3v) is 6.37. The van der Waals surface area contributed by atoms with Crippen LogP contribution in [-0.2, 0) is 6.32 Å². The lowest BCUT2D eigenvalue weighted by molar-refractivity contribution is 0.0944. The maximum Gasteiger partial charge on any atom is 0.170 e. The molecule has 3 rings (SSSR count). The molecule has 1 aromatic rings. The first-order valence-corrected chi connectivity index (χ1v) is 9.09. The first kappa shape index (κ1) is 17.4. The average Bonchev–Trinajstić information content (AvgIpc) is 3.36. The van der Waals surface area contributed by atoms with Crippen LogP contribution in [0.5, 0.6) is 11.5 Å². The largest absolute Gasteiger partial charge is 0.507 e. The molecular formula is C20H27BO3. The summed E-state index contributed by atoms with van der Waals surface area (Å²) in [5.41, 5.74) is 1.07. The molecule has 1 aromatic carbocycles. The Labute approximate surface area is 146 Å². The Morgan fingerprint density at radius 3 is 2.58 bits per heavy atom. The highest BCUT2D eigenvalue weighted by atomic mass is 16.5. The van der Waals surface area contributed by atoms with Crippen LogP contribution in [0, 0.1) is 29.6 Å². The van der Waals surface area contributed by atoms with E-state index >= 15 is 0 Å². The zero-order valence-corrected chi connectivity index (χ0v) is 14.9. The number of hydrogen-bond donors (Lipinski definition) is 1. The lowest BCUT2D eigenvalue weighted by Gasteiger charge is -2.19. The van der Waals surface area contributed by atoms with Gasteiger partial charge in [-0.15, -0.1) is 0 Å². The molecule has 0 spiro atoms. The van der Waals surface area contributed by atoms with E-state index in [9.17, 15) is 9.90 Å². The van der Waals surface area contributed by atoms with Crippen molar-refractivity contribution in [2.45, 2.75) is 45.9 Å². The van der Waals surface area contributed by atoms with E-state index in [4.69, 9.17) is 12.6 Å². The topological polar surface area (TPSA) is 46.5 Å². The standard InChI is InChI=1S/C20H27BO3/c1-11-12(2)16(14-4-5-14)8-15(11)9-18(23)20-17(22)6-13(10-21)7-19(20)24-3/h6-7,11-12,14-16,22H,4-5,8-10H2,1-3H3. The number of carbonyl (C=O) groups excluding carboxylic acids is 1. The maximum absolute atomic E-state index is 12.9. The summed E-state index contributed by atoms with van der Waals surface area (Å²) < 4.78 is 5.34. The lowest BCUT2D eigenvalue weighted by atomic mass is 9.86. The van der Waals surface area contributed by atoms with E-state index < -0.39 is 0 Å². The predicted octanol–water partition coefficient (Wildman–Crippen LogP) is 3.96. The van der Waals surface area contributed by atoms with E-state index in [-0.39, 0.29) is 11.5 Å². The van der Waals surface area contributed by atoms with Crippen LogP contribution in [0.1, 0.15) is 55.5 Å². The molecule has 2 radical (unpaired) electrons. The number of ether oxygens (including phenoxy) is 1. The van der Waals surface area contributed by atoms with Gasteiger partial charge in [-0.05, 0) is 66.5 Å². The van der Waals surface area contributed by atoms with Gasteiger partial charge in [-0.1, -0.05) is 20.2 Å². The number of ketones is 1. The molecule has 2 saturated carbocycles. The lowest BCUT2D eigenvalue weighted by Crippen LogP contribution is -2.15. The average molecular weight is 326 g/mol. The van der Waals surface area contributed by atoms with Gasteiger partial charge < -0.3 is 9.84 Å². The van der Waals surface area contributed by atoms with Gasteiger partial charge >= 0.3 is 0 Å². The van der Waals surface area contributed by atoms with Crippen molar-refractivity contribution < 1.29 is 14.6 Å². The van der Waals surface area contributed by atoms with Gasteiger partial charge in [-0.25, -0.2) is 0 Å². The number of benzene rings is 1. The summed E-state index contributed by atoms with van der Waals surface area (Å²) >= 11 is 0. The van der Waals surface area contributed by atoms with Crippen LogP contribution in [0.4, 0.5) is 0 Å². The van der Waals surface area contributed by atoms with Gasteiger partial charge in [0.2, 0.25) is 0 Å². The van der Waals surface area contributed by atoms with Crippen LogP contribution >= 0.6 is 0 Å². The Hall–Kier alpha value is -1.45. The first-order chi connectivity index (χ1) is 11.5. The molecule has 128 valence electrons. The van der Waals surface area contributed by atoms with Crippen molar-refractivity contribution in [3.63, 3.8) is 0 Å². The SMILES string of the molecule is [B]Cc1cc(O)c(C(=O)CC2CC(C3CC3)C(C)C2C)c(OC)c1. The molecule has 0 amide bonds. The minimum atomic E-state index is -0.0200. The first-order valence-electron chi connectivity index (χ1n) is 9.09. The number of hydrogen-bond acceptors (Lipinski definition) is 3. The minimum absolute atomic E-state index is 0.0164. The van der Waals surface area contributed by atoms with Gasteiger partial charge in [0.1, 0.15) is 17.1 Å². The molecule has 2 fully saturated rings. The summed E-state index contributed by atoms with van der Waals surface area (Å²) in [5, 5.41) is 10.3. The molecular weight excluding hydrogens is 299 g/mol. The molecule has 0 heterocycles.